The van der Waals surface area contributed by atoms with Gasteiger partial charge in [-0.1, -0.05) is 159 Å². The number of carboxylic acids is 1. The molecule has 0 aromatic heterocycles. The SMILES string of the molecule is CC/C=C\C/C=C\C/C=C\C/C=C\CCCCC(=O)OC(CCCCCCCCCCCCCCC)CCCCCCCC(=O)NC(CCCN)C(=O)O. The van der Waals surface area contributed by atoms with E-state index in [-0.39, 0.29) is 18.0 Å². The monoisotopic (exact) mass is 757 g/mol. The quantitative estimate of drug-likeness (QED) is 0.0325. The molecule has 0 aliphatic heterocycles. The van der Waals surface area contributed by atoms with E-state index in [2.05, 4.69) is 67.8 Å². The Balaban J connectivity index is 4.40. The van der Waals surface area contributed by atoms with Crippen LogP contribution in [0.1, 0.15) is 213 Å². The number of esters is 1. The number of nitrogens with two attached hydrogens (primary N) is 1. The number of nitrogens with one attached hydrogen (secondary N) is 1. The molecule has 1 amide bonds. The molecule has 0 aliphatic carbocycles. The van der Waals surface area contributed by atoms with Crippen molar-refractivity contribution in [3.8, 4) is 0 Å². The summed E-state index contributed by atoms with van der Waals surface area (Å²) >= 11 is 0. The molecule has 0 aromatic carbocycles. The van der Waals surface area contributed by atoms with Crippen LogP contribution in [-0.4, -0.2) is 41.6 Å². The van der Waals surface area contributed by atoms with Gasteiger partial charge < -0.3 is 20.9 Å². The summed E-state index contributed by atoms with van der Waals surface area (Å²) in [5.41, 5.74) is 5.49. The summed E-state index contributed by atoms with van der Waals surface area (Å²) < 4.78 is 6.04. The molecule has 2 atom stereocenters. The number of carbonyl (C=O) groups excluding carboxylic acids is 2. The van der Waals surface area contributed by atoms with Crippen molar-refractivity contribution in [2.24, 2.45) is 5.73 Å². The van der Waals surface area contributed by atoms with E-state index in [4.69, 9.17) is 10.5 Å². The zero-order valence-electron chi connectivity index (χ0n) is 35.1. The first-order valence-electron chi connectivity index (χ1n) is 22.5. The van der Waals surface area contributed by atoms with Crippen LogP contribution in [0.15, 0.2) is 48.6 Å². The number of carboxylic acid groups (broad SMARTS) is 1. The van der Waals surface area contributed by atoms with Gasteiger partial charge in [0, 0.05) is 12.8 Å². The molecule has 0 aliphatic rings. The van der Waals surface area contributed by atoms with Crippen molar-refractivity contribution in [3.05, 3.63) is 48.6 Å². The predicted octanol–water partition coefficient (Wildman–Crippen LogP) is 12.8. The lowest BCUT2D eigenvalue weighted by Gasteiger charge is -2.18. The maximum Gasteiger partial charge on any atom is 0.326 e. The number of hydrogen-bond acceptors (Lipinski definition) is 5. The summed E-state index contributed by atoms with van der Waals surface area (Å²) in [4.78, 5) is 36.4. The number of amides is 1. The third kappa shape index (κ3) is 37.6. The molecule has 0 spiro atoms. The van der Waals surface area contributed by atoms with Crippen LogP contribution in [0.4, 0.5) is 0 Å². The van der Waals surface area contributed by atoms with Crippen molar-refractivity contribution < 1.29 is 24.2 Å². The van der Waals surface area contributed by atoms with Crippen LogP contribution < -0.4 is 11.1 Å². The van der Waals surface area contributed by atoms with Gasteiger partial charge in [0.25, 0.3) is 0 Å². The average molecular weight is 757 g/mol. The lowest BCUT2D eigenvalue weighted by atomic mass is 10.0. The lowest BCUT2D eigenvalue weighted by Crippen LogP contribution is -2.40. The fourth-order valence-corrected chi connectivity index (χ4v) is 6.56. The Morgan fingerprint density at radius 3 is 1.52 bits per heavy atom. The van der Waals surface area contributed by atoms with Crippen molar-refractivity contribution >= 4 is 17.8 Å². The second kappa shape index (κ2) is 41.5. The van der Waals surface area contributed by atoms with Gasteiger partial charge in [0.05, 0.1) is 0 Å². The first kappa shape index (κ1) is 51.3. The van der Waals surface area contributed by atoms with Crippen LogP contribution in [0.2, 0.25) is 0 Å². The smallest absolute Gasteiger partial charge is 0.326 e. The van der Waals surface area contributed by atoms with Gasteiger partial charge in [-0.15, -0.1) is 0 Å². The molecule has 2 unspecified atom stereocenters. The Bertz CT molecular complexity index is 989. The Hall–Kier alpha value is -2.67. The molecule has 0 heterocycles. The second-order valence-electron chi connectivity index (χ2n) is 15.1. The number of carbonyl (C=O) groups is 3. The van der Waals surface area contributed by atoms with Crippen LogP contribution >= 0.6 is 0 Å². The third-order valence-corrected chi connectivity index (χ3v) is 9.91. The first-order valence-corrected chi connectivity index (χ1v) is 22.5. The maximum atomic E-state index is 12.8. The number of unbranched alkanes of at least 4 members (excludes halogenated alkanes) is 18. The van der Waals surface area contributed by atoms with Crippen molar-refractivity contribution in [3.63, 3.8) is 0 Å². The predicted molar refractivity (Wildman–Crippen MR) is 230 cm³/mol. The highest BCUT2D eigenvalue weighted by Crippen LogP contribution is 2.19. The molecule has 0 rings (SSSR count). The number of hydrogen-bond donors (Lipinski definition) is 3. The summed E-state index contributed by atoms with van der Waals surface area (Å²) in [5.74, 6) is -1.27. The van der Waals surface area contributed by atoms with Crippen molar-refractivity contribution in [1.29, 1.82) is 0 Å². The van der Waals surface area contributed by atoms with Crippen LogP contribution in [0, 0.1) is 0 Å². The summed E-state index contributed by atoms with van der Waals surface area (Å²) in [6.07, 6.45) is 50.1. The van der Waals surface area contributed by atoms with Crippen molar-refractivity contribution in [2.75, 3.05) is 6.54 Å². The summed E-state index contributed by atoms with van der Waals surface area (Å²) in [7, 11) is 0. The largest absolute Gasteiger partial charge is 0.480 e. The molecule has 0 saturated heterocycles. The molecular formula is C47H84N2O5. The molecule has 4 N–H and O–H groups in total. The standard InChI is InChI=1S/C47H84N2O5/c1-3-5-7-9-11-13-15-17-18-20-22-24-26-31-35-41-46(51)54-43(37-32-28-25-23-21-19-16-14-12-10-8-6-4-2)38-33-29-27-30-34-40-45(50)49-44(47(52)53)39-36-42-48/h5,7,11,13,17-18,22,24,43-44H,3-4,6,8-10,12,14-16,19-21,23,25-42,48H2,1-2H3,(H,49,50)(H,52,53)/b7-5-,13-11-,18-17-,24-22-. The van der Waals surface area contributed by atoms with Crippen LogP contribution in [0.3, 0.4) is 0 Å². The van der Waals surface area contributed by atoms with E-state index in [9.17, 15) is 19.5 Å². The van der Waals surface area contributed by atoms with Gasteiger partial charge >= 0.3 is 11.9 Å². The van der Waals surface area contributed by atoms with E-state index in [1.54, 1.807) is 0 Å². The highest BCUT2D eigenvalue weighted by Gasteiger charge is 2.19. The molecule has 54 heavy (non-hydrogen) atoms. The second-order valence-corrected chi connectivity index (χ2v) is 15.1. The zero-order valence-corrected chi connectivity index (χ0v) is 35.1. The number of rotatable bonds is 40. The van der Waals surface area contributed by atoms with Crippen LogP contribution in [0.25, 0.3) is 0 Å². The first-order chi connectivity index (χ1) is 26.4. The van der Waals surface area contributed by atoms with Gasteiger partial charge in [0.1, 0.15) is 12.1 Å². The Morgan fingerprint density at radius 2 is 1.02 bits per heavy atom. The number of aliphatic carboxylic acids is 1. The highest BCUT2D eigenvalue weighted by atomic mass is 16.5. The molecule has 0 bridgehead atoms. The van der Waals surface area contributed by atoms with E-state index in [0.29, 0.717) is 32.2 Å². The minimum absolute atomic E-state index is 0.00760. The zero-order chi connectivity index (χ0) is 39.6. The fraction of sp³-hybridized carbons (Fsp3) is 0.766. The Morgan fingerprint density at radius 1 is 0.556 bits per heavy atom. The van der Waals surface area contributed by atoms with E-state index in [1.807, 2.05) is 0 Å². The molecule has 312 valence electrons. The molecular weight excluding hydrogens is 673 g/mol. The van der Waals surface area contributed by atoms with E-state index in [0.717, 1.165) is 96.3 Å². The van der Waals surface area contributed by atoms with E-state index in [1.165, 1.54) is 77.0 Å². The van der Waals surface area contributed by atoms with E-state index < -0.39 is 12.0 Å². The topological polar surface area (TPSA) is 119 Å². The molecule has 0 radical (unpaired) electrons. The average Bonchev–Trinajstić information content (AvgIpc) is 3.16. The van der Waals surface area contributed by atoms with Gasteiger partial charge in [-0.3, -0.25) is 9.59 Å². The van der Waals surface area contributed by atoms with E-state index >= 15 is 0 Å². The number of ether oxygens (including phenoxy) is 1. The van der Waals surface area contributed by atoms with Gasteiger partial charge in [-0.2, -0.15) is 0 Å². The van der Waals surface area contributed by atoms with Gasteiger partial charge in [-0.25, -0.2) is 4.79 Å². The summed E-state index contributed by atoms with van der Waals surface area (Å²) in [6.45, 7) is 4.83. The normalized spacial score (nSPS) is 13.1. The lowest BCUT2D eigenvalue weighted by molar-refractivity contribution is -0.150. The minimum Gasteiger partial charge on any atom is -0.480 e. The molecule has 7 heteroatoms. The highest BCUT2D eigenvalue weighted by molar-refractivity contribution is 5.83. The summed E-state index contributed by atoms with van der Waals surface area (Å²) in [6, 6.07) is -0.860. The summed E-state index contributed by atoms with van der Waals surface area (Å²) in [5, 5.41) is 11.9. The molecule has 0 fully saturated rings. The molecule has 0 saturated carbocycles. The van der Waals surface area contributed by atoms with Gasteiger partial charge in [0.15, 0.2) is 0 Å². The third-order valence-electron chi connectivity index (χ3n) is 9.91. The van der Waals surface area contributed by atoms with Gasteiger partial charge in [0.2, 0.25) is 5.91 Å². The Labute approximate surface area is 332 Å². The van der Waals surface area contributed by atoms with Crippen LogP contribution in [-0.2, 0) is 19.1 Å². The minimum atomic E-state index is -1.01. The van der Waals surface area contributed by atoms with Crippen molar-refractivity contribution in [2.45, 2.75) is 225 Å². The Kier molecular flexibility index (Phi) is 39.4. The fourth-order valence-electron chi connectivity index (χ4n) is 6.56. The van der Waals surface area contributed by atoms with Crippen LogP contribution in [0.5, 0.6) is 0 Å². The molecule has 0 aromatic rings. The maximum absolute atomic E-state index is 12.8. The van der Waals surface area contributed by atoms with Gasteiger partial charge in [-0.05, 0) is 96.4 Å². The molecule has 7 nitrogen and oxygen atoms in total. The van der Waals surface area contributed by atoms with Crippen molar-refractivity contribution in [1.82, 2.24) is 5.32 Å². The number of allylic oxidation sites excluding steroid dienone is 8.